The van der Waals surface area contributed by atoms with Gasteiger partial charge in [-0.1, -0.05) is 6.07 Å². The third kappa shape index (κ3) is 3.06. The van der Waals surface area contributed by atoms with Gasteiger partial charge in [0.25, 0.3) is 0 Å². The average Bonchev–Trinajstić information content (AvgIpc) is 2.59. The van der Waals surface area contributed by atoms with E-state index in [2.05, 4.69) is 35.9 Å². The highest BCUT2D eigenvalue weighted by Gasteiger charge is 2.25. The largest absolute Gasteiger partial charge is 0.370 e. The molecule has 1 saturated heterocycles. The summed E-state index contributed by atoms with van der Waals surface area (Å²) in [5.74, 6) is 0. The van der Waals surface area contributed by atoms with Crippen LogP contribution in [0, 0.1) is 11.3 Å². The molecule has 0 amide bonds. The van der Waals surface area contributed by atoms with E-state index in [-0.39, 0.29) is 0 Å². The predicted molar refractivity (Wildman–Crippen MR) is 78.1 cm³/mol. The van der Waals surface area contributed by atoms with Crippen LogP contribution in [0.2, 0.25) is 0 Å². The molecule has 1 aromatic rings. The van der Waals surface area contributed by atoms with Crippen LogP contribution in [0.5, 0.6) is 0 Å². The molecule has 1 heterocycles. The highest BCUT2D eigenvalue weighted by molar-refractivity contribution is 5.51. The number of anilines is 1. The fourth-order valence-electron chi connectivity index (χ4n) is 2.63. The van der Waals surface area contributed by atoms with Crippen molar-refractivity contribution in [3.05, 3.63) is 29.8 Å². The molecule has 0 bridgehead atoms. The standard InChI is InChI=1S/C15H22N4/c1-12-6-7-19(11-15(10-17)18(12)2)14-5-3-4-13(8-14)9-16/h3-5,8,12,15H,6-7,10-11,17H2,1-2H3. The van der Waals surface area contributed by atoms with Crippen LogP contribution in [0.15, 0.2) is 24.3 Å². The van der Waals surface area contributed by atoms with Crippen LogP contribution in [0.1, 0.15) is 18.9 Å². The number of likely N-dealkylation sites (N-methyl/N-ethyl adjacent to an activating group) is 1. The van der Waals surface area contributed by atoms with Gasteiger partial charge < -0.3 is 10.6 Å². The molecule has 2 rings (SSSR count). The molecular formula is C15H22N4. The number of nitrogens with two attached hydrogens (primary N) is 1. The first kappa shape index (κ1) is 13.9. The summed E-state index contributed by atoms with van der Waals surface area (Å²) in [6, 6.07) is 10.9. The lowest BCUT2D eigenvalue weighted by atomic mass is 10.2. The first-order valence-electron chi connectivity index (χ1n) is 6.82. The van der Waals surface area contributed by atoms with E-state index in [1.807, 2.05) is 18.2 Å². The maximum atomic E-state index is 9.00. The van der Waals surface area contributed by atoms with Crippen LogP contribution in [0.4, 0.5) is 5.69 Å². The second kappa shape index (κ2) is 6.05. The summed E-state index contributed by atoms with van der Waals surface area (Å²) >= 11 is 0. The normalized spacial score (nSPS) is 24.8. The Labute approximate surface area is 115 Å². The molecule has 4 heteroatoms. The molecule has 1 aromatic carbocycles. The minimum atomic E-state index is 0.364. The number of benzene rings is 1. The SMILES string of the molecule is CC1CCN(c2cccc(C#N)c2)CC(CN)N1C. The van der Waals surface area contributed by atoms with E-state index in [1.165, 1.54) is 0 Å². The van der Waals surface area contributed by atoms with Gasteiger partial charge >= 0.3 is 0 Å². The van der Waals surface area contributed by atoms with E-state index < -0.39 is 0 Å². The van der Waals surface area contributed by atoms with Crippen LogP contribution in [-0.4, -0.2) is 43.7 Å². The van der Waals surface area contributed by atoms with Crippen LogP contribution < -0.4 is 10.6 Å². The molecule has 0 spiro atoms. The van der Waals surface area contributed by atoms with E-state index in [0.29, 0.717) is 24.2 Å². The second-order valence-corrected chi connectivity index (χ2v) is 5.30. The molecule has 2 atom stereocenters. The molecule has 0 aromatic heterocycles. The quantitative estimate of drug-likeness (QED) is 0.871. The summed E-state index contributed by atoms with van der Waals surface area (Å²) in [4.78, 5) is 4.71. The third-order valence-electron chi connectivity index (χ3n) is 4.13. The lowest BCUT2D eigenvalue weighted by Crippen LogP contribution is -2.46. The van der Waals surface area contributed by atoms with Gasteiger partial charge in [-0.3, -0.25) is 4.90 Å². The number of hydrogen-bond acceptors (Lipinski definition) is 4. The van der Waals surface area contributed by atoms with E-state index >= 15 is 0 Å². The molecule has 2 unspecified atom stereocenters. The molecule has 1 aliphatic heterocycles. The monoisotopic (exact) mass is 258 g/mol. The summed E-state index contributed by atoms with van der Waals surface area (Å²) < 4.78 is 0. The zero-order valence-electron chi connectivity index (χ0n) is 11.7. The Kier molecular flexibility index (Phi) is 4.41. The van der Waals surface area contributed by atoms with Crippen molar-refractivity contribution in [3.8, 4) is 6.07 Å². The third-order valence-corrected chi connectivity index (χ3v) is 4.13. The second-order valence-electron chi connectivity index (χ2n) is 5.30. The molecule has 0 saturated carbocycles. The topological polar surface area (TPSA) is 56.3 Å². The van der Waals surface area contributed by atoms with Crippen LogP contribution in [0.3, 0.4) is 0 Å². The molecule has 0 radical (unpaired) electrons. The molecule has 1 fully saturated rings. The highest BCUT2D eigenvalue weighted by Crippen LogP contribution is 2.21. The van der Waals surface area contributed by atoms with Gasteiger partial charge in [0.15, 0.2) is 0 Å². The van der Waals surface area contributed by atoms with Crippen LogP contribution >= 0.6 is 0 Å². The summed E-state index contributed by atoms with van der Waals surface area (Å²) in [5, 5.41) is 9.00. The maximum absolute atomic E-state index is 9.00. The summed E-state index contributed by atoms with van der Waals surface area (Å²) in [6.45, 7) is 4.84. The van der Waals surface area contributed by atoms with Gasteiger partial charge in [0.2, 0.25) is 0 Å². The molecule has 102 valence electrons. The Morgan fingerprint density at radius 3 is 2.95 bits per heavy atom. The van der Waals surface area contributed by atoms with Gasteiger partial charge in [0.1, 0.15) is 0 Å². The van der Waals surface area contributed by atoms with Gasteiger partial charge in [-0.25, -0.2) is 0 Å². The molecule has 2 N–H and O–H groups in total. The zero-order chi connectivity index (χ0) is 13.8. The molecule has 1 aliphatic rings. The number of nitrogens with zero attached hydrogens (tertiary/aromatic N) is 3. The van der Waals surface area contributed by atoms with E-state index in [4.69, 9.17) is 11.0 Å². The highest BCUT2D eigenvalue weighted by atomic mass is 15.3. The van der Waals surface area contributed by atoms with Crippen molar-refractivity contribution in [2.75, 3.05) is 31.6 Å². The van der Waals surface area contributed by atoms with Crippen molar-refractivity contribution < 1.29 is 0 Å². The molecule has 19 heavy (non-hydrogen) atoms. The van der Waals surface area contributed by atoms with Crippen molar-refractivity contribution in [1.29, 1.82) is 5.26 Å². The Morgan fingerprint density at radius 2 is 2.26 bits per heavy atom. The van der Waals surface area contributed by atoms with Gasteiger partial charge in [0.05, 0.1) is 11.6 Å². The van der Waals surface area contributed by atoms with Crippen LogP contribution in [-0.2, 0) is 0 Å². The average molecular weight is 258 g/mol. The van der Waals surface area contributed by atoms with Crippen molar-refractivity contribution >= 4 is 5.69 Å². The van der Waals surface area contributed by atoms with Gasteiger partial charge in [0, 0.05) is 37.4 Å². The van der Waals surface area contributed by atoms with E-state index in [1.54, 1.807) is 0 Å². The van der Waals surface area contributed by atoms with Crippen molar-refractivity contribution in [2.24, 2.45) is 5.73 Å². The number of hydrogen-bond donors (Lipinski definition) is 1. The lowest BCUT2D eigenvalue weighted by Gasteiger charge is -2.31. The molecule has 0 aliphatic carbocycles. The predicted octanol–water partition coefficient (Wildman–Crippen LogP) is 1.42. The number of nitriles is 1. The molecular weight excluding hydrogens is 236 g/mol. The minimum absolute atomic E-state index is 0.364. The summed E-state index contributed by atoms with van der Waals surface area (Å²) in [7, 11) is 2.15. The Morgan fingerprint density at radius 1 is 1.47 bits per heavy atom. The summed E-state index contributed by atoms with van der Waals surface area (Å²) in [6.07, 6.45) is 1.11. The van der Waals surface area contributed by atoms with Gasteiger partial charge in [-0.15, -0.1) is 0 Å². The first-order valence-corrected chi connectivity index (χ1v) is 6.82. The van der Waals surface area contributed by atoms with Gasteiger partial charge in [-0.2, -0.15) is 5.26 Å². The molecule has 4 nitrogen and oxygen atoms in total. The summed E-state index contributed by atoms with van der Waals surface area (Å²) in [5.41, 5.74) is 7.74. The minimum Gasteiger partial charge on any atom is -0.370 e. The fraction of sp³-hybridized carbons (Fsp3) is 0.533. The Hall–Kier alpha value is -1.57. The lowest BCUT2D eigenvalue weighted by molar-refractivity contribution is 0.201. The Bertz CT molecular complexity index is 465. The van der Waals surface area contributed by atoms with E-state index in [0.717, 1.165) is 25.2 Å². The van der Waals surface area contributed by atoms with E-state index in [9.17, 15) is 0 Å². The zero-order valence-corrected chi connectivity index (χ0v) is 11.7. The maximum Gasteiger partial charge on any atom is 0.0992 e. The van der Waals surface area contributed by atoms with Crippen LogP contribution in [0.25, 0.3) is 0 Å². The van der Waals surface area contributed by atoms with Crippen molar-refractivity contribution in [1.82, 2.24) is 4.90 Å². The van der Waals surface area contributed by atoms with Gasteiger partial charge in [-0.05, 0) is 38.6 Å². The first-order chi connectivity index (χ1) is 9.15. The smallest absolute Gasteiger partial charge is 0.0992 e. The van der Waals surface area contributed by atoms with Crippen molar-refractivity contribution in [2.45, 2.75) is 25.4 Å². The fourth-order valence-corrected chi connectivity index (χ4v) is 2.63. The Balaban J connectivity index is 2.22. The van der Waals surface area contributed by atoms with Crippen molar-refractivity contribution in [3.63, 3.8) is 0 Å². The number of rotatable bonds is 2.